The Morgan fingerprint density at radius 1 is 1.89 bits per heavy atom. The monoisotopic (exact) mass is 126 g/mol. The van der Waals surface area contributed by atoms with Crippen LogP contribution in [0.1, 0.15) is 20.3 Å². The standard InChI is InChI=1S/C7H10O2/c1-4-6(3)9-7(8)5-2/h2,6H,4H2,1,3H3. The van der Waals surface area contributed by atoms with Gasteiger partial charge in [-0.3, -0.25) is 0 Å². The van der Waals surface area contributed by atoms with Crippen molar-refractivity contribution in [1.82, 2.24) is 0 Å². The van der Waals surface area contributed by atoms with Gasteiger partial charge in [0.25, 0.3) is 0 Å². The minimum Gasteiger partial charge on any atom is -0.453 e. The first kappa shape index (κ1) is 8.03. The lowest BCUT2D eigenvalue weighted by Gasteiger charge is -2.05. The molecule has 0 radical (unpaired) electrons. The van der Waals surface area contributed by atoms with Crippen LogP contribution in [0.2, 0.25) is 0 Å². The molecular weight excluding hydrogens is 116 g/mol. The summed E-state index contributed by atoms with van der Waals surface area (Å²) in [6.45, 7) is 3.73. The predicted molar refractivity (Wildman–Crippen MR) is 34.7 cm³/mol. The van der Waals surface area contributed by atoms with E-state index >= 15 is 0 Å². The Morgan fingerprint density at radius 3 is 2.78 bits per heavy atom. The summed E-state index contributed by atoms with van der Waals surface area (Å²) in [5.41, 5.74) is 0. The number of carbonyl (C=O) groups is 1. The molecule has 0 aliphatic rings. The summed E-state index contributed by atoms with van der Waals surface area (Å²) in [5, 5.41) is 0. The Bertz CT molecular complexity index is 132. The number of esters is 1. The molecule has 1 unspecified atom stereocenters. The number of carbonyl (C=O) groups excluding carboxylic acids is 1. The van der Waals surface area contributed by atoms with Gasteiger partial charge in [0.1, 0.15) is 0 Å². The van der Waals surface area contributed by atoms with Crippen molar-refractivity contribution in [1.29, 1.82) is 0 Å². The third-order valence-electron chi connectivity index (χ3n) is 1.00. The zero-order valence-corrected chi connectivity index (χ0v) is 5.68. The molecule has 0 aliphatic heterocycles. The van der Waals surface area contributed by atoms with Crippen molar-refractivity contribution in [3.63, 3.8) is 0 Å². The molecule has 0 aromatic heterocycles. The van der Waals surface area contributed by atoms with Crippen molar-refractivity contribution in [2.75, 3.05) is 0 Å². The molecule has 2 heteroatoms. The Hall–Kier alpha value is -0.970. The lowest BCUT2D eigenvalue weighted by molar-refractivity contribution is -0.141. The smallest absolute Gasteiger partial charge is 0.384 e. The van der Waals surface area contributed by atoms with Crippen LogP contribution in [0.25, 0.3) is 0 Å². The highest BCUT2D eigenvalue weighted by Gasteiger charge is 2.01. The number of hydrogen-bond acceptors (Lipinski definition) is 2. The van der Waals surface area contributed by atoms with E-state index < -0.39 is 5.97 Å². The first-order valence-electron chi connectivity index (χ1n) is 2.88. The van der Waals surface area contributed by atoms with Crippen molar-refractivity contribution < 1.29 is 9.53 Å². The van der Waals surface area contributed by atoms with Crippen molar-refractivity contribution in [3.8, 4) is 12.3 Å². The van der Waals surface area contributed by atoms with Crippen molar-refractivity contribution >= 4 is 5.97 Å². The Labute approximate surface area is 55.2 Å². The van der Waals surface area contributed by atoms with E-state index in [0.717, 1.165) is 6.42 Å². The quantitative estimate of drug-likeness (QED) is 0.313. The van der Waals surface area contributed by atoms with Crippen LogP contribution in [0, 0.1) is 12.3 Å². The number of ether oxygens (including phenoxy) is 1. The van der Waals surface area contributed by atoms with E-state index in [4.69, 9.17) is 6.42 Å². The molecule has 0 saturated heterocycles. The van der Waals surface area contributed by atoms with E-state index in [9.17, 15) is 4.79 Å². The normalized spacial score (nSPS) is 11.7. The molecule has 0 fully saturated rings. The van der Waals surface area contributed by atoms with Crippen LogP contribution in [0.3, 0.4) is 0 Å². The zero-order valence-electron chi connectivity index (χ0n) is 5.68. The average Bonchev–Trinajstić information content (AvgIpc) is 1.87. The fraction of sp³-hybridized carbons (Fsp3) is 0.571. The van der Waals surface area contributed by atoms with Gasteiger partial charge in [-0.1, -0.05) is 6.92 Å². The summed E-state index contributed by atoms with van der Waals surface area (Å²) in [4.78, 5) is 10.3. The van der Waals surface area contributed by atoms with Crippen molar-refractivity contribution in [2.45, 2.75) is 26.4 Å². The van der Waals surface area contributed by atoms with E-state index in [1.807, 2.05) is 12.8 Å². The molecule has 0 amide bonds. The lowest BCUT2D eigenvalue weighted by atomic mass is 10.3. The second-order valence-electron chi connectivity index (χ2n) is 1.77. The van der Waals surface area contributed by atoms with Crippen LogP contribution in [0.4, 0.5) is 0 Å². The molecule has 0 rings (SSSR count). The van der Waals surface area contributed by atoms with Gasteiger partial charge in [-0.2, -0.15) is 0 Å². The summed E-state index contributed by atoms with van der Waals surface area (Å²) in [6.07, 6.45) is 5.49. The van der Waals surface area contributed by atoms with Crippen molar-refractivity contribution in [3.05, 3.63) is 0 Å². The van der Waals surface area contributed by atoms with Crippen LogP contribution >= 0.6 is 0 Å². The second-order valence-corrected chi connectivity index (χ2v) is 1.77. The van der Waals surface area contributed by atoms with E-state index in [1.54, 1.807) is 6.92 Å². The summed E-state index contributed by atoms with van der Waals surface area (Å²) in [6, 6.07) is 0. The number of terminal acetylenes is 1. The van der Waals surface area contributed by atoms with Crippen LogP contribution in [0.5, 0.6) is 0 Å². The summed E-state index contributed by atoms with van der Waals surface area (Å²) in [5.74, 6) is 1.29. The topological polar surface area (TPSA) is 26.3 Å². The van der Waals surface area contributed by atoms with Gasteiger partial charge in [-0.25, -0.2) is 4.79 Å². The molecule has 9 heavy (non-hydrogen) atoms. The maximum atomic E-state index is 10.3. The molecule has 0 saturated carbocycles. The third-order valence-corrected chi connectivity index (χ3v) is 1.00. The van der Waals surface area contributed by atoms with E-state index in [-0.39, 0.29) is 6.10 Å². The minimum absolute atomic E-state index is 0.0615. The van der Waals surface area contributed by atoms with E-state index in [0.29, 0.717) is 0 Å². The Morgan fingerprint density at radius 2 is 2.44 bits per heavy atom. The van der Waals surface area contributed by atoms with Gasteiger partial charge in [0.05, 0.1) is 6.10 Å². The molecule has 0 aromatic carbocycles. The third kappa shape index (κ3) is 3.60. The van der Waals surface area contributed by atoms with E-state index in [2.05, 4.69) is 4.74 Å². The molecule has 0 heterocycles. The fourth-order valence-corrected chi connectivity index (χ4v) is 0.300. The highest BCUT2D eigenvalue weighted by atomic mass is 16.5. The molecule has 0 spiro atoms. The summed E-state index contributed by atoms with van der Waals surface area (Å²) in [7, 11) is 0. The van der Waals surface area contributed by atoms with Crippen LogP contribution in [-0.2, 0) is 9.53 Å². The fourth-order valence-electron chi connectivity index (χ4n) is 0.300. The van der Waals surface area contributed by atoms with Gasteiger partial charge >= 0.3 is 5.97 Å². The molecule has 0 aliphatic carbocycles. The zero-order chi connectivity index (χ0) is 7.28. The first-order chi connectivity index (χ1) is 4.20. The highest BCUT2D eigenvalue weighted by molar-refractivity contribution is 5.87. The Balaban J connectivity index is 3.50. The van der Waals surface area contributed by atoms with Crippen LogP contribution < -0.4 is 0 Å². The van der Waals surface area contributed by atoms with Crippen LogP contribution in [-0.4, -0.2) is 12.1 Å². The second kappa shape index (κ2) is 3.96. The maximum absolute atomic E-state index is 10.3. The van der Waals surface area contributed by atoms with Gasteiger partial charge in [0, 0.05) is 5.92 Å². The molecular formula is C7H10O2. The molecule has 50 valence electrons. The van der Waals surface area contributed by atoms with E-state index in [1.165, 1.54) is 0 Å². The van der Waals surface area contributed by atoms with Crippen molar-refractivity contribution in [2.24, 2.45) is 0 Å². The maximum Gasteiger partial charge on any atom is 0.384 e. The molecule has 1 atom stereocenters. The minimum atomic E-state index is -0.579. The van der Waals surface area contributed by atoms with Gasteiger partial charge < -0.3 is 4.74 Å². The largest absolute Gasteiger partial charge is 0.453 e. The molecule has 2 nitrogen and oxygen atoms in total. The lowest BCUT2D eigenvalue weighted by Crippen LogP contribution is -2.11. The summed E-state index contributed by atoms with van der Waals surface area (Å²) >= 11 is 0. The van der Waals surface area contributed by atoms with Crippen LogP contribution in [0.15, 0.2) is 0 Å². The molecule has 0 bridgehead atoms. The highest BCUT2D eigenvalue weighted by Crippen LogP contribution is 1.94. The molecule has 0 N–H and O–H groups in total. The number of hydrogen-bond donors (Lipinski definition) is 0. The SMILES string of the molecule is C#CC(=O)OC(C)CC. The van der Waals surface area contributed by atoms with Gasteiger partial charge in [-0.05, 0) is 13.3 Å². The summed E-state index contributed by atoms with van der Waals surface area (Å²) < 4.78 is 4.67. The van der Waals surface area contributed by atoms with Gasteiger partial charge in [0.15, 0.2) is 0 Å². The Kier molecular flexibility index (Phi) is 3.54. The number of rotatable bonds is 2. The van der Waals surface area contributed by atoms with Gasteiger partial charge in [-0.15, -0.1) is 6.42 Å². The predicted octanol–water partition coefficient (Wildman–Crippen LogP) is 0.961. The average molecular weight is 126 g/mol. The van der Waals surface area contributed by atoms with Gasteiger partial charge in [0.2, 0.25) is 0 Å². The first-order valence-corrected chi connectivity index (χ1v) is 2.88. The molecule has 0 aromatic rings.